The molecule has 1 unspecified atom stereocenters. The summed E-state index contributed by atoms with van der Waals surface area (Å²) in [4.78, 5) is 22.4. The van der Waals surface area contributed by atoms with Crippen LogP contribution in [0.25, 0.3) is 0 Å². The Hall–Kier alpha value is -2.93. The third-order valence-electron chi connectivity index (χ3n) is 3.02. The van der Waals surface area contributed by atoms with E-state index in [1.54, 1.807) is 48.5 Å². The smallest absolute Gasteiger partial charge is 0.179 e. The van der Waals surface area contributed by atoms with Gasteiger partial charge >= 0.3 is 0 Å². The third kappa shape index (κ3) is 5.08. The van der Waals surface area contributed by atoms with Gasteiger partial charge in [-0.3, -0.25) is 9.59 Å². The highest BCUT2D eigenvalue weighted by Gasteiger charge is 2.12. The van der Waals surface area contributed by atoms with E-state index >= 15 is 0 Å². The van der Waals surface area contributed by atoms with Gasteiger partial charge < -0.3 is 4.74 Å². The molecule has 0 fully saturated rings. The molecule has 23 heavy (non-hydrogen) atoms. The first-order valence-corrected chi connectivity index (χ1v) is 7.37. The predicted molar refractivity (Wildman–Crippen MR) is 88.4 cm³/mol. The van der Waals surface area contributed by atoms with Gasteiger partial charge in [0, 0.05) is 5.56 Å². The fourth-order valence-corrected chi connectivity index (χ4v) is 1.84. The van der Waals surface area contributed by atoms with Crippen molar-refractivity contribution < 1.29 is 14.3 Å². The van der Waals surface area contributed by atoms with Gasteiger partial charge in [-0.1, -0.05) is 38.1 Å². The first-order valence-electron chi connectivity index (χ1n) is 7.37. The van der Waals surface area contributed by atoms with Gasteiger partial charge in [-0.25, -0.2) is 0 Å². The number of nitriles is 1. The lowest BCUT2D eigenvalue weighted by atomic mass is 10.1. The molecule has 0 radical (unpaired) electrons. The molecule has 4 nitrogen and oxygen atoms in total. The van der Waals surface area contributed by atoms with Crippen LogP contribution in [0.15, 0.2) is 48.5 Å². The minimum absolute atomic E-state index is 0.0304. The molecule has 0 saturated heterocycles. The Bertz CT molecular complexity index is 682. The van der Waals surface area contributed by atoms with Crippen LogP contribution in [0.4, 0.5) is 0 Å². The quantitative estimate of drug-likeness (QED) is 0.616. The van der Waals surface area contributed by atoms with E-state index in [-0.39, 0.29) is 5.78 Å². The van der Waals surface area contributed by atoms with E-state index in [4.69, 9.17) is 10.00 Å². The summed E-state index contributed by atoms with van der Waals surface area (Å²) in [7, 11) is 0. The zero-order valence-electron chi connectivity index (χ0n) is 13.4. The SMILES string of the molecule is CC.CC(=O)c1ccc(C(C=O)Oc2ccc(C#N)cc2)cc1. The summed E-state index contributed by atoms with van der Waals surface area (Å²) in [5.41, 5.74) is 1.77. The van der Waals surface area contributed by atoms with E-state index in [1.165, 1.54) is 6.92 Å². The Kier molecular flexibility index (Phi) is 7.22. The van der Waals surface area contributed by atoms with Crippen molar-refractivity contribution in [1.82, 2.24) is 0 Å². The Balaban J connectivity index is 0.00000127. The maximum atomic E-state index is 11.2. The molecule has 118 valence electrons. The lowest BCUT2D eigenvalue weighted by Crippen LogP contribution is -2.09. The van der Waals surface area contributed by atoms with E-state index in [0.717, 1.165) is 0 Å². The number of benzene rings is 2. The van der Waals surface area contributed by atoms with Crippen LogP contribution in [-0.2, 0) is 4.79 Å². The first-order chi connectivity index (χ1) is 11.1. The second kappa shape index (κ2) is 9.16. The molecule has 0 aromatic heterocycles. The number of ketones is 1. The summed E-state index contributed by atoms with van der Waals surface area (Å²) < 4.78 is 5.59. The summed E-state index contributed by atoms with van der Waals surface area (Å²) in [5.74, 6) is 0.471. The molecule has 0 amide bonds. The summed E-state index contributed by atoms with van der Waals surface area (Å²) >= 11 is 0. The molecule has 0 N–H and O–H groups in total. The fourth-order valence-electron chi connectivity index (χ4n) is 1.84. The predicted octanol–water partition coefficient (Wildman–Crippen LogP) is 4.11. The minimum atomic E-state index is -0.751. The van der Waals surface area contributed by atoms with Gasteiger partial charge in [0.2, 0.25) is 0 Å². The highest BCUT2D eigenvalue weighted by atomic mass is 16.5. The third-order valence-corrected chi connectivity index (χ3v) is 3.02. The second-order valence-electron chi connectivity index (χ2n) is 4.49. The van der Waals surface area contributed by atoms with Crippen LogP contribution in [0.3, 0.4) is 0 Å². The number of ether oxygens (including phenoxy) is 1. The van der Waals surface area contributed by atoms with Crippen molar-refractivity contribution in [2.45, 2.75) is 26.9 Å². The molecule has 1 atom stereocenters. The Morgan fingerprint density at radius 1 is 1.09 bits per heavy atom. The number of nitrogens with zero attached hydrogens (tertiary/aromatic N) is 1. The number of Topliss-reactive ketones (excluding diaryl/α,β-unsaturated/α-hetero) is 1. The maximum Gasteiger partial charge on any atom is 0.179 e. The fraction of sp³-hybridized carbons (Fsp3) is 0.211. The van der Waals surface area contributed by atoms with E-state index in [0.29, 0.717) is 28.7 Å². The molecule has 0 heterocycles. The van der Waals surface area contributed by atoms with Gasteiger partial charge in [0.05, 0.1) is 11.6 Å². The van der Waals surface area contributed by atoms with E-state index in [9.17, 15) is 9.59 Å². The molecular weight excluding hydrogens is 290 g/mol. The summed E-state index contributed by atoms with van der Waals surface area (Å²) in [5, 5.41) is 8.73. The topological polar surface area (TPSA) is 67.2 Å². The standard InChI is InChI=1S/C17H13NO3.C2H6/c1-12(20)14-4-6-15(7-5-14)17(11-19)21-16-8-2-13(10-18)3-9-16;1-2/h2-9,11,17H,1H3;1-2H3. The summed E-state index contributed by atoms with van der Waals surface area (Å²) in [6, 6.07) is 15.2. The molecule has 2 aromatic rings. The van der Waals surface area contributed by atoms with Crippen LogP contribution in [0.5, 0.6) is 5.75 Å². The first kappa shape index (κ1) is 18.1. The van der Waals surface area contributed by atoms with Gasteiger partial charge in [-0.05, 0) is 36.8 Å². The number of hydrogen-bond acceptors (Lipinski definition) is 4. The van der Waals surface area contributed by atoms with Crippen molar-refractivity contribution in [2.75, 3.05) is 0 Å². The lowest BCUT2D eigenvalue weighted by Gasteiger charge is -2.14. The molecule has 0 saturated carbocycles. The average Bonchev–Trinajstić information content (AvgIpc) is 2.62. The van der Waals surface area contributed by atoms with Gasteiger partial charge in [-0.2, -0.15) is 5.26 Å². The van der Waals surface area contributed by atoms with Crippen molar-refractivity contribution in [1.29, 1.82) is 5.26 Å². The second-order valence-corrected chi connectivity index (χ2v) is 4.49. The summed E-state index contributed by atoms with van der Waals surface area (Å²) in [6.45, 7) is 5.49. The zero-order valence-corrected chi connectivity index (χ0v) is 13.4. The van der Waals surface area contributed by atoms with E-state index in [1.807, 2.05) is 19.9 Å². The maximum absolute atomic E-state index is 11.2. The highest BCUT2D eigenvalue weighted by molar-refractivity contribution is 5.94. The van der Waals surface area contributed by atoms with E-state index in [2.05, 4.69) is 0 Å². The van der Waals surface area contributed by atoms with Crippen molar-refractivity contribution in [2.24, 2.45) is 0 Å². The highest BCUT2D eigenvalue weighted by Crippen LogP contribution is 2.21. The zero-order chi connectivity index (χ0) is 17.2. The Morgan fingerprint density at radius 3 is 2.09 bits per heavy atom. The average molecular weight is 309 g/mol. The molecule has 0 aliphatic rings. The monoisotopic (exact) mass is 309 g/mol. The molecule has 2 rings (SSSR count). The van der Waals surface area contributed by atoms with Gasteiger partial charge in [0.1, 0.15) is 5.75 Å². The van der Waals surface area contributed by atoms with Gasteiger partial charge in [-0.15, -0.1) is 0 Å². The van der Waals surface area contributed by atoms with Gasteiger partial charge in [0.15, 0.2) is 18.2 Å². The lowest BCUT2D eigenvalue weighted by molar-refractivity contribution is -0.113. The minimum Gasteiger partial charge on any atom is -0.478 e. The normalized spacial score (nSPS) is 10.5. The molecular formula is C19H19NO3. The van der Waals surface area contributed by atoms with Crippen LogP contribution in [0, 0.1) is 11.3 Å². The number of rotatable bonds is 5. The molecule has 0 aliphatic carbocycles. The summed E-state index contributed by atoms with van der Waals surface area (Å²) in [6.07, 6.45) is -0.0556. The number of carbonyl (C=O) groups excluding carboxylic acids is 2. The molecule has 0 spiro atoms. The van der Waals surface area contributed by atoms with Crippen LogP contribution < -0.4 is 4.74 Å². The number of aldehydes is 1. The molecule has 0 bridgehead atoms. The van der Waals surface area contributed by atoms with Crippen molar-refractivity contribution in [3.05, 3.63) is 65.2 Å². The molecule has 0 aliphatic heterocycles. The van der Waals surface area contributed by atoms with Gasteiger partial charge in [0.25, 0.3) is 0 Å². The molecule has 4 heteroatoms. The van der Waals surface area contributed by atoms with Crippen LogP contribution in [0.2, 0.25) is 0 Å². The van der Waals surface area contributed by atoms with Crippen molar-refractivity contribution >= 4 is 12.1 Å². The van der Waals surface area contributed by atoms with Crippen molar-refractivity contribution in [3.63, 3.8) is 0 Å². The Morgan fingerprint density at radius 2 is 1.65 bits per heavy atom. The van der Waals surface area contributed by atoms with Crippen LogP contribution >= 0.6 is 0 Å². The van der Waals surface area contributed by atoms with Crippen LogP contribution in [0.1, 0.15) is 48.4 Å². The number of carbonyl (C=O) groups is 2. The number of hydrogen-bond donors (Lipinski definition) is 0. The van der Waals surface area contributed by atoms with Crippen LogP contribution in [-0.4, -0.2) is 12.1 Å². The van der Waals surface area contributed by atoms with E-state index < -0.39 is 6.10 Å². The Labute approximate surface area is 136 Å². The molecule has 2 aromatic carbocycles. The van der Waals surface area contributed by atoms with Crippen molar-refractivity contribution in [3.8, 4) is 11.8 Å². The largest absolute Gasteiger partial charge is 0.478 e.